The van der Waals surface area contributed by atoms with Gasteiger partial charge in [-0.3, -0.25) is 4.90 Å². The van der Waals surface area contributed by atoms with E-state index in [9.17, 15) is 0 Å². The standard InChI is InChI=1S/C19H38N2O2/c1-18(2,9-10-21-11-15-23-16-12-21)7-8-19(3,4)20-17-5-13-22-14-6-17/h17,20H,5-16H2,1-4H3. The second-order valence-corrected chi connectivity index (χ2v) is 8.78. The lowest BCUT2D eigenvalue weighted by molar-refractivity contribution is 0.0316. The van der Waals surface area contributed by atoms with Gasteiger partial charge in [-0.1, -0.05) is 13.8 Å². The molecule has 2 heterocycles. The van der Waals surface area contributed by atoms with Crippen molar-refractivity contribution in [1.29, 1.82) is 0 Å². The fraction of sp³-hybridized carbons (Fsp3) is 1.00. The van der Waals surface area contributed by atoms with Gasteiger partial charge < -0.3 is 14.8 Å². The number of hydrogen-bond donors (Lipinski definition) is 1. The summed E-state index contributed by atoms with van der Waals surface area (Å²) in [6, 6.07) is 0.634. The number of nitrogens with zero attached hydrogens (tertiary/aromatic N) is 1. The minimum Gasteiger partial charge on any atom is -0.381 e. The molecule has 0 aromatic carbocycles. The monoisotopic (exact) mass is 326 g/mol. The summed E-state index contributed by atoms with van der Waals surface area (Å²) >= 11 is 0. The van der Waals surface area contributed by atoms with Crippen LogP contribution >= 0.6 is 0 Å². The quantitative estimate of drug-likeness (QED) is 0.743. The van der Waals surface area contributed by atoms with Gasteiger partial charge in [0.05, 0.1) is 13.2 Å². The van der Waals surface area contributed by atoms with E-state index in [0.29, 0.717) is 11.5 Å². The fourth-order valence-electron chi connectivity index (χ4n) is 3.53. The molecule has 4 heteroatoms. The molecule has 4 nitrogen and oxygen atoms in total. The van der Waals surface area contributed by atoms with Crippen LogP contribution in [0.1, 0.15) is 59.8 Å². The zero-order valence-corrected chi connectivity index (χ0v) is 15.8. The highest BCUT2D eigenvalue weighted by atomic mass is 16.5. The maximum Gasteiger partial charge on any atom is 0.0594 e. The van der Waals surface area contributed by atoms with Crippen molar-refractivity contribution in [2.45, 2.75) is 71.4 Å². The molecule has 0 unspecified atom stereocenters. The van der Waals surface area contributed by atoms with Crippen LogP contribution in [0.2, 0.25) is 0 Å². The number of nitrogens with one attached hydrogen (secondary N) is 1. The molecule has 0 radical (unpaired) electrons. The van der Waals surface area contributed by atoms with Crippen LogP contribution in [0.4, 0.5) is 0 Å². The van der Waals surface area contributed by atoms with E-state index >= 15 is 0 Å². The van der Waals surface area contributed by atoms with Gasteiger partial charge in [0.1, 0.15) is 0 Å². The lowest BCUT2D eigenvalue weighted by Crippen LogP contribution is -2.48. The molecule has 136 valence electrons. The molecule has 2 rings (SSSR count). The summed E-state index contributed by atoms with van der Waals surface area (Å²) in [5, 5.41) is 3.87. The average Bonchev–Trinajstić information content (AvgIpc) is 2.53. The average molecular weight is 327 g/mol. The fourth-order valence-corrected chi connectivity index (χ4v) is 3.53. The summed E-state index contributed by atoms with van der Waals surface area (Å²) in [4.78, 5) is 2.55. The highest BCUT2D eigenvalue weighted by Gasteiger charge is 2.27. The molecule has 0 aliphatic carbocycles. The molecule has 2 aliphatic heterocycles. The number of ether oxygens (including phenoxy) is 2. The molecule has 2 aliphatic rings. The first kappa shape index (κ1) is 19.2. The van der Waals surface area contributed by atoms with Crippen molar-refractivity contribution in [3.05, 3.63) is 0 Å². The van der Waals surface area contributed by atoms with E-state index in [0.717, 1.165) is 52.4 Å². The summed E-state index contributed by atoms with van der Waals surface area (Å²) in [6.07, 6.45) is 6.11. The second-order valence-electron chi connectivity index (χ2n) is 8.78. The molecule has 23 heavy (non-hydrogen) atoms. The Bertz CT molecular complexity index is 332. The van der Waals surface area contributed by atoms with Gasteiger partial charge >= 0.3 is 0 Å². The third-order valence-corrected chi connectivity index (χ3v) is 5.45. The Kier molecular flexibility index (Phi) is 7.33. The molecule has 0 bridgehead atoms. The minimum atomic E-state index is 0.220. The maximum absolute atomic E-state index is 5.46. The van der Waals surface area contributed by atoms with Crippen molar-refractivity contribution in [3.8, 4) is 0 Å². The van der Waals surface area contributed by atoms with Crippen LogP contribution in [0.15, 0.2) is 0 Å². The van der Waals surface area contributed by atoms with Crippen LogP contribution < -0.4 is 5.32 Å². The highest BCUT2D eigenvalue weighted by molar-refractivity contribution is 4.86. The number of rotatable bonds is 8. The molecule has 0 saturated carbocycles. The predicted molar refractivity (Wildman–Crippen MR) is 95.9 cm³/mol. The van der Waals surface area contributed by atoms with Crippen molar-refractivity contribution in [1.82, 2.24) is 10.2 Å². The Morgan fingerprint density at radius 3 is 2.13 bits per heavy atom. The van der Waals surface area contributed by atoms with Crippen molar-refractivity contribution in [2.24, 2.45) is 5.41 Å². The molecule has 0 amide bonds. The normalized spacial score (nSPS) is 22.4. The summed E-state index contributed by atoms with van der Waals surface area (Å²) in [7, 11) is 0. The van der Waals surface area contributed by atoms with Crippen LogP contribution in [-0.2, 0) is 9.47 Å². The van der Waals surface area contributed by atoms with Gasteiger partial charge in [0, 0.05) is 37.9 Å². The first-order valence-electron chi connectivity index (χ1n) is 9.52. The van der Waals surface area contributed by atoms with E-state index in [4.69, 9.17) is 9.47 Å². The lowest BCUT2D eigenvalue weighted by atomic mass is 9.80. The van der Waals surface area contributed by atoms with Crippen LogP contribution in [0.5, 0.6) is 0 Å². The summed E-state index contributed by atoms with van der Waals surface area (Å²) in [6.45, 7) is 16.6. The molecular weight excluding hydrogens is 288 g/mol. The Morgan fingerprint density at radius 1 is 0.870 bits per heavy atom. The van der Waals surface area contributed by atoms with Gasteiger partial charge in [-0.2, -0.15) is 0 Å². The van der Waals surface area contributed by atoms with Gasteiger partial charge in [-0.25, -0.2) is 0 Å². The van der Waals surface area contributed by atoms with Gasteiger partial charge in [0.15, 0.2) is 0 Å². The first-order chi connectivity index (χ1) is 10.9. The highest BCUT2D eigenvalue weighted by Crippen LogP contribution is 2.30. The van der Waals surface area contributed by atoms with Gasteiger partial charge in [0.25, 0.3) is 0 Å². The zero-order chi connectivity index (χ0) is 16.8. The Balaban J connectivity index is 1.68. The van der Waals surface area contributed by atoms with Crippen molar-refractivity contribution < 1.29 is 9.47 Å². The third-order valence-electron chi connectivity index (χ3n) is 5.45. The van der Waals surface area contributed by atoms with Crippen LogP contribution in [0.25, 0.3) is 0 Å². The topological polar surface area (TPSA) is 33.7 Å². The van der Waals surface area contributed by atoms with Crippen LogP contribution in [0, 0.1) is 5.41 Å². The predicted octanol–water partition coefficient (Wildman–Crippen LogP) is 3.06. The largest absolute Gasteiger partial charge is 0.381 e. The van der Waals surface area contributed by atoms with E-state index in [-0.39, 0.29) is 5.54 Å². The van der Waals surface area contributed by atoms with Gasteiger partial charge in [-0.15, -0.1) is 0 Å². The van der Waals surface area contributed by atoms with Gasteiger partial charge in [0.2, 0.25) is 0 Å². The number of hydrogen-bond acceptors (Lipinski definition) is 4. The van der Waals surface area contributed by atoms with E-state index in [1.54, 1.807) is 0 Å². The molecule has 0 spiro atoms. The van der Waals surface area contributed by atoms with E-state index < -0.39 is 0 Å². The molecule has 0 atom stereocenters. The molecule has 0 aromatic heterocycles. The molecule has 2 fully saturated rings. The summed E-state index contributed by atoms with van der Waals surface area (Å²) < 4.78 is 10.9. The Labute approximate surface area is 143 Å². The van der Waals surface area contributed by atoms with Crippen LogP contribution in [-0.4, -0.2) is 62.5 Å². The van der Waals surface area contributed by atoms with Crippen molar-refractivity contribution in [2.75, 3.05) is 46.1 Å². The van der Waals surface area contributed by atoms with E-state index in [1.165, 1.54) is 25.8 Å². The Hall–Kier alpha value is -0.160. The maximum atomic E-state index is 5.46. The van der Waals surface area contributed by atoms with Gasteiger partial charge in [-0.05, 0) is 57.9 Å². The molecule has 1 N–H and O–H groups in total. The lowest BCUT2D eigenvalue weighted by Gasteiger charge is -2.37. The van der Waals surface area contributed by atoms with Crippen molar-refractivity contribution in [3.63, 3.8) is 0 Å². The molecule has 0 aromatic rings. The molecule has 2 saturated heterocycles. The van der Waals surface area contributed by atoms with Crippen LogP contribution in [0.3, 0.4) is 0 Å². The van der Waals surface area contributed by atoms with E-state index in [2.05, 4.69) is 37.9 Å². The number of morpholine rings is 1. The minimum absolute atomic E-state index is 0.220. The zero-order valence-electron chi connectivity index (χ0n) is 15.8. The summed E-state index contributed by atoms with van der Waals surface area (Å²) in [5.74, 6) is 0. The third kappa shape index (κ3) is 7.51. The smallest absolute Gasteiger partial charge is 0.0594 e. The summed E-state index contributed by atoms with van der Waals surface area (Å²) in [5.41, 5.74) is 0.630. The first-order valence-corrected chi connectivity index (χ1v) is 9.52. The van der Waals surface area contributed by atoms with Crippen molar-refractivity contribution >= 4 is 0 Å². The molecular formula is C19H38N2O2. The second kappa shape index (κ2) is 8.80. The SMILES string of the molecule is CC(C)(CCN1CCOCC1)CCC(C)(C)NC1CCOCC1. The Morgan fingerprint density at radius 2 is 1.48 bits per heavy atom. The van der Waals surface area contributed by atoms with E-state index in [1.807, 2.05) is 0 Å².